The summed E-state index contributed by atoms with van der Waals surface area (Å²) in [5.41, 5.74) is 2.72. The molecule has 0 amide bonds. The van der Waals surface area contributed by atoms with Gasteiger partial charge >= 0.3 is 0 Å². The van der Waals surface area contributed by atoms with Crippen LogP contribution in [0.5, 0.6) is 0 Å². The van der Waals surface area contributed by atoms with Crippen LogP contribution >= 0.6 is 0 Å². The molecule has 0 saturated heterocycles. The first-order valence-corrected chi connectivity index (χ1v) is 7.75. The van der Waals surface area contributed by atoms with Crippen molar-refractivity contribution >= 4 is 17.1 Å². The minimum atomic E-state index is 0.685. The second-order valence-electron chi connectivity index (χ2n) is 3.75. The molecule has 2 N–H and O–H groups in total. The van der Waals surface area contributed by atoms with Crippen molar-refractivity contribution in [3.05, 3.63) is 24.5 Å². The van der Waals surface area contributed by atoms with E-state index in [-0.39, 0.29) is 0 Å². The average Bonchev–Trinajstić information content (AvgIpc) is 2.60. The van der Waals surface area contributed by atoms with Crippen LogP contribution in [0.1, 0.15) is 55.4 Å². The molecule has 0 spiro atoms. The number of anilines is 1. The molecule has 1 aromatic rings. The maximum Gasteiger partial charge on any atom is 0.106 e. The van der Waals surface area contributed by atoms with Gasteiger partial charge in [0.25, 0.3) is 0 Å². The first-order valence-electron chi connectivity index (χ1n) is 7.75. The third kappa shape index (κ3) is 38.3. The third-order valence-corrected chi connectivity index (χ3v) is 1.44. The Morgan fingerprint density at radius 2 is 1.39 bits per heavy atom. The van der Waals surface area contributed by atoms with Gasteiger partial charge in [0.1, 0.15) is 7.11 Å². The number of oxime groups is 2. The van der Waals surface area contributed by atoms with E-state index in [0.717, 1.165) is 11.4 Å². The molecule has 0 fully saturated rings. The molecule has 1 heterocycles. The van der Waals surface area contributed by atoms with E-state index in [1.54, 1.807) is 26.2 Å². The maximum atomic E-state index is 7.73. The average molecular weight is 329 g/mol. The SMILES string of the molecule is CC.CC.CC(C)=NO.CNc1ccncc1.CON=C(C)C. The van der Waals surface area contributed by atoms with E-state index in [4.69, 9.17) is 5.21 Å². The van der Waals surface area contributed by atoms with Crippen LogP contribution in [0, 0.1) is 0 Å². The molecule has 0 bridgehead atoms. The highest BCUT2D eigenvalue weighted by atomic mass is 16.6. The fourth-order valence-electron chi connectivity index (χ4n) is 0.701. The Bertz CT molecular complexity index is 358. The van der Waals surface area contributed by atoms with E-state index >= 15 is 0 Å². The van der Waals surface area contributed by atoms with Gasteiger partial charge in [-0.25, -0.2) is 0 Å². The van der Waals surface area contributed by atoms with E-state index in [0.29, 0.717) is 5.71 Å². The predicted octanol–water partition coefficient (Wildman–Crippen LogP) is 5.06. The maximum absolute atomic E-state index is 7.73. The number of nitrogens with zero attached hydrogens (tertiary/aromatic N) is 3. The van der Waals surface area contributed by atoms with Crippen LogP contribution in [0.4, 0.5) is 5.69 Å². The van der Waals surface area contributed by atoms with E-state index in [9.17, 15) is 0 Å². The summed E-state index contributed by atoms with van der Waals surface area (Å²) in [5, 5.41) is 17.1. The van der Waals surface area contributed by atoms with Gasteiger partial charge in [-0.3, -0.25) is 4.98 Å². The molecule has 6 nitrogen and oxygen atoms in total. The number of rotatable bonds is 2. The molecule has 0 unspecified atom stereocenters. The Kier molecular flexibility index (Phi) is 35.4. The zero-order valence-corrected chi connectivity index (χ0v) is 16.5. The molecule has 0 aliphatic heterocycles. The summed E-state index contributed by atoms with van der Waals surface area (Å²) in [6.45, 7) is 15.2. The van der Waals surface area contributed by atoms with Gasteiger partial charge in [-0.2, -0.15) is 0 Å². The van der Waals surface area contributed by atoms with Crippen LogP contribution in [0.25, 0.3) is 0 Å². The summed E-state index contributed by atoms with van der Waals surface area (Å²) < 4.78 is 0. The minimum Gasteiger partial charge on any atom is -0.411 e. The van der Waals surface area contributed by atoms with Crippen LogP contribution < -0.4 is 5.32 Å². The fourth-order valence-corrected chi connectivity index (χ4v) is 0.701. The number of pyridine rings is 1. The lowest BCUT2D eigenvalue weighted by molar-refractivity contribution is 0.213. The molecule has 1 aromatic heterocycles. The van der Waals surface area contributed by atoms with Crippen molar-refractivity contribution in [2.75, 3.05) is 19.5 Å². The van der Waals surface area contributed by atoms with Gasteiger partial charge in [0, 0.05) is 25.1 Å². The highest BCUT2D eigenvalue weighted by Crippen LogP contribution is 1.99. The number of hydrogen-bond donors (Lipinski definition) is 2. The van der Waals surface area contributed by atoms with Crippen LogP contribution in [0.15, 0.2) is 34.8 Å². The number of aromatic nitrogens is 1. The van der Waals surface area contributed by atoms with E-state index in [2.05, 4.69) is 25.4 Å². The zero-order chi connectivity index (χ0) is 19.1. The fraction of sp³-hybridized carbons (Fsp3) is 0.588. The third-order valence-electron chi connectivity index (χ3n) is 1.44. The molecule has 1 rings (SSSR count). The molecule has 6 heteroatoms. The highest BCUT2D eigenvalue weighted by Gasteiger charge is 1.78. The summed E-state index contributed by atoms with van der Waals surface area (Å²) in [6.07, 6.45) is 3.51. The van der Waals surface area contributed by atoms with E-state index in [1.165, 1.54) is 7.11 Å². The van der Waals surface area contributed by atoms with Gasteiger partial charge in [0.15, 0.2) is 0 Å². The van der Waals surface area contributed by atoms with Crippen molar-refractivity contribution in [2.45, 2.75) is 55.4 Å². The number of nitrogens with one attached hydrogen (secondary N) is 1. The second kappa shape index (κ2) is 28.1. The van der Waals surface area contributed by atoms with Crippen molar-refractivity contribution in [3.8, 4) is 0 Å². The van der Waals surface area contributed by atoms with E-state index < -0.39 is 0 Å². The first-order chi connectivity index (χ1) is 11.0. The van der Waals surface area contributed by atoms with Crippen molar-refractivity contribution in [1.82, 2.24) is 4.98 Å². The lowest BCUT2D eigenvalue weighted by Gasteiger charge is -1.93. The second-order valence-corrected chi connectivity index (χ2v) is 3.75. The molecular weight excluding hydrogens is 292 g/mol. The van der Waals surface area contributed by atoms with Crippen molar-refractivity contribution < 1.29 is 10.0 Å². The standard InChI is InChI=1S/C6H8N2.C4H9NO.C3H7NO.2C2H6/c1-7-6-2-4-8-5-3-6;1-4(2)5-6-3;1-3(2)4-5;2*1-2/h2-5H,1H3,(H,7,8);1-3H3;5H,1-2H3;2*1-2H3. The molecule has 0 saturated carbocycles. The van der Waals surface area contributed by atoms with Crippen LogP contribution in [-0.4, -0.2) is 35.8 Å². The number of hydrogen-bond acceptors (Lipinski definition) is 6. The quantitative estimate of drug-likeness (QED) is 0.452. The lowest BCUT2D eigenvalue weighted by Crippen LogP contribution is -1.85. The molecule has 0 aromatic carbocycles. The van der Waals surface area contributed by atoms with Gasteiger partial charge in [0.2, 0.25) is 0 Å². The topological polar surface area (TPSA) is 79.1 Å². The van der Waals surface area contributed by atoms with Gasteiger partial charge in [0.05, 0.1) is 11.4 Å². The van der Waals surface area contributed by atoms with Crippen molar-refractivity contribution in [1.29, 1.82) is 0 Å². The molecule has 0 atom stereocenters. The monoisotopic (exact) mass is 328 g/mol. The Morgan fingerprint density at radius 3 is 1.52 bits per heavy atom. The summed E-state index contributed by atoms with van der Waals surface area (Å²) in [5.74, 6) is 0. The Hall–Kier alpha value is -2.11. The molecule has 23 heavy (non-hydrogen) atoms. The van der Waals surface area contributed by atoms with Crippen LogP contribution in [0.2, 0.25) is 0 Å². The lowest BCUT2D eigenvalue weighted by atomic mass is 10.4. The van der Waals surface area contributed by atoms with Gasteiger partial charge in [-0.1, -0.05) is 38.0 Å². The summed E-state index contributed by atoms with van der Waals surface area (Å²) >= 11 is 0. The predicted molar refractivity (Wildman–Crippen MR) is 103 cm³/mol. The summed E-state index contributed by atoms with van der Waals surface area (Å²) in [6, 6.07) is 3.83. The smallest absolute Gasteiger partial charge is 0.106 e. The van der Waals surface area contributed by atoms with Gasteiger partial charge in [-0.05, 0) is 39.8 Å². The van der Waals surface area contributed by atoms with Crippen LogP contribution in [0.3, 0.4) is 0 Å². The summed E-state index contributed by atoms with van der Waals surface area (Å²) in [4.78, 5) is 8.24. The molecule has 0 radical (unpaired) electrons. The van der Waals surface area contributed by atoms with Crippen molar-refractivity contribution in [2.24, 2.45) is 10.3 Å². The largest absolute Gasteiger partial charge is 0.411 e. The molecule has 0 aliphatic rings. The molecule has 0 aliphatic carbocycles. The van der Waals surface area contributed by atoms with Crippen molar-refractivity contribution in [3.63, 3.8) is 0 Å². The Balaban J connectivity index is -0.000000109. The van der Waals surface area contributed by atoms with Gasteiger partial charge < -0.3 is 15.4 Å². The molecular formula is C17H36N4O2. The Morgan fingerprint density at radius 1 is 1.00 bits per heavy atom. The van der Waals surface area contributed by atoms with Crippen LogP contribution in [-0.2, 0) is 4.84 Å². The highest BCUT2D eigenvalue weighted by molar-refractivity contribution is 5.78. The zero-order valence-electron chi connectivity index (χ0n) is 16.5. The minimum absolute atomic E-state index is 0.685. The Labute approximate surface area is 142 Å². The summed E-state index contributed by atoms with van der Waals surface area (Å²) in [7, 11) is 3.42. The van der Waals surface area contributed by atoms with E-state index in [1.807, 2.05) is 60.7 Å². The first kappa shape index (κ1) is 29.0. The molecule has 136 valence electrons. The van der Waals surface area contributed by atoms with Gasteiger partial charge in [-0.15, -0.1) is 0 Å². The normalized spacial score (nSPS) is 6.87.